The van der Waals surface area contributed by atoms with Crippen LogP contribution in [-0.2, 0) is 20.7 Å². The number of hydrogen-bond donors (Lipinski definition) is 1. The molecule has 0 fully saturated rings. The van der Waals surface area contributed by atoms with Gasteiger partial charge in [-0.1, -0.05) is 60.7 Å². The number of esters is 1. The summed E-state index contributed by atoms with van der Waals surface area (Å²) in [6.07, 6.45) is 0.217. The van der Waals surface area contributed by atoms with Crippen molar-refractivity contribution in [3.05, 3.63) is 99.1 Å². The van der Waals surface area contributed by atoms with E-state index in [2.05, 4.69) is 27.9 Å². The Balaban J connectivity index is 1.89. The molecule has 7 heteroatoms. The third-order valence-corrected chi connectivity index (χ3v) is 6.10. The molecular weight excluding hydrogens is 519 g/mol. The first-order valence-corrected chi connectivity index (χ1v) is 11.2. The van der Waals surface area contributed by atoms with Crippen LogP contribution in [0, 0.1) is 3.57 Å². The molecule has 6 nitrogen and oxygen atoms in total. The van der Waals surface area contributed by atoms with Crippen molar-refractivity contribution in [3.63, 3.8) is 0 Å². The van der Waals surface area contributed by atoms with Crippen LogP contribution < -0.4 is 5.32 Å². The number of halogens is 1. The predicted molar refractivity (Wildman–Crippen MR) is 129 cm³/mol. The van der Waals surface area contributed by atoms with Crippen LogP contribution in [0.2, 0.25) is 0 Å². The number of fused-ring (bicyclic) bond motifs is 1. The van der Waals surface area contributed by atoms with Crippen molar-refractivity contribution in [2.75, 3.05) is 12.4 Å². The number of rotatable bonds is 5. The van der Waals surface area contributed by atoms with E-state index in [-0.39, 0.29) is 12.3 Å². The molecule has 0 saturated heterocycles. The van der Waals surface area contributed by atoms with Crippen molar-refractivity contribution in [1.29, 1.82) is 0 Å². The minimum Gasteiger partial charge on any atom is -0.467 e. The van der Waals surface area contributed by atoms with Gasteiger partial charge in [-0.25, -0.2) is 4.79 Å². The average molecular weight is 540 g/mol. The van der Waals surface area contributed by atoms with Gasteiger partial charge in [0.2, 0.25) is 0 Å². The van der Waals surface area contributed by atoms with E-state index in [1.165, 1.54) is 12.0 Å². The minimum atomic E-state index is -0.999. The fraction of sp³-hybridized carbons (Fsp3) is 0.160. The van der Waals surface area contributed by atoms with Gasteiger partial charge < -0.3 is 15.0 Å². The van der Waals surface area contributed by atoms with Gasteiger partial charge in [0.15, 0.2) is 0 Å². The Bertz CT molecular complexity index is 1150. The van der Waals surface area contributed by atoms with Crippen molar-refractivity contribution >= 4 is 46.1 Å². The second-order valence-electron chi connectivity index (χ2n) is 7.43. The maximum atomic E-state index is 13.9. The smallest absolute Gasteiger partial charge is 0.328 e. The molecule has 1 heterocycles. The first kappa shape index (κ1) is 22.0. The number of nitrogens with zero attached hydrogens (tertiary/aromatic N) is 1. The molecule has 2 atom stereocenters. The quantitative estimate of drug-likeness (QED) is 0.389. The molecule has 1 aliphatic rings. The number of methoxy groups -OCH3 is 1. The zero-order valence-electron chi connectivity index (χ0n) is 17.3. The molecule has 0 aliphatic carbocycles. The van der Waals surface area contributed by atoms with Crippen LogP contribution in [0.3, 0.4) is 0 Å². The Morgan fingerprint density at radius 3 is 2.34 bits per heavy atom. The third-order valence-electron chi connectivity index (χ3n) is 5.43. The van der Waals surface area contributed by atoms with Gasteiger partial charge in [0, 0.05) is 9.99 Å². The Hall–Kier alpha value is -3.20. The molecule has 0 saturated carbocycles. The number of amides is 2. The number of anilines is 1. The van der Waals surface area contributed by atoms with Crippen LogP contribution in [0.1, 0.15) is 27.5 Å². The normalized spacial score (nSPS) is 16.6. The summed E-state index contributed by atoms with van der Waals surface area (Å²) in [6.45, 7) is 0. The second-order valence-corrected chi connectivity index (χ2v) is 8.68. The first-order chi connectivity index (χ1) is 15.5. The van der Waals surface area contributed by atoms with Gasteiger partial charge in [-0.15, -0.1) is 0 Å². The maximum Gasteiger partial charge on any atom is 0.328 e. The monoisotopic (exact) mass is 540 g/mol. The molecule has 0 aromatic heterocycles. The summed E-state index contributed by atoms with van der Waals surface area (Å²) >= 11 is 2.12. The van der Waals surface area contributed by atoms with Gasteiger partial charge in [-0.05, 0) is 51.9 Å². The maximum absolute atomic E-state index is 13.9. The Morgan fingerprint density at radius 2 is 1.69 bits per heavy atom. The van der Waals surface area contributed by atoms with E-state index in [0.29, 0.717) is 16.8 Å². The number of carbonyl (C=O) groups excluding carboxylic acids is 3. The molecule has 0 bridgehead atoms. The van der Waals surface area contributed by atoms with E-state index >= 15 is 0 Å². The van der Waals surface area contributed by atoms with E-state index in [9.17, 15) is 14.4 Å². The highest BCUT2D eigenvalue weighted by Crippen LogP contribution is 2.34. The standard InChI is InChI=1S/C25H21IN2O4/c1-32-25(31)21(14-16-8-4-2-5-9-16)28-22(17-10-6-3-7-11-17)23(29)27-20-13-12-18(26)15-19(20)24(28)30/h2-13,15,21-22H,14H2,1H3,(H,27,29)/t21-,22?/m0/s1. The summed E-state index contributed by atoms with van der Waals surface area (Å²) in [5.41, 5.74) is 2.23. The largest absolute Gasteiger partial charge is 0.467 e. The molecule has 162 valence electrons. The lowest BCUT2D eigenvalue weighted by molar-refractivity contribution is -0.147. The van der Waals surface area contributed by atoms with E-state index in [4.69, 9.17) is 4.74 Å². The van der Waals surface area contributed by atoms with Crippen molar-refractivity contribution in [1.82, 2.24) is 4.90 Å². The highest BCUT2D eigenvalue weighted by Gasteiger charge is 2.43. The van der Waals surface area contributed by atoms with Crippen LogP contribution in [0.25, 0.3) is 0 Å². The summed E-state index contributed by atoms with van der Waals surface area (Å²) in [6, 6.07) is 21.6. The van der Waals surface area contributed by atoms with Crippen molar-refractivity contribution in [2.24, 2.45) is 0 Å². The zero-order valence-corrected chi connectivity index (χ0v) is 19.5. The fourth-order valence-electron chi connectivity index (χ4n) is 3.92. The summed E-state index contributed by atoms with van der Waals surface area (Å²) < 4.78 is 5.94. The highest BCUT2D eigenvalue weighted by molar-refractivity contribution is 14.1. The SMILES string of the molecule is COC(=O)[C@H](Cc1ccccc1)N1C(=O)c2cc(I)ccc2NC(=O)C1c1ccccc1. The Morgan fingerprint density at radius 1 is 1.03 bits per heavy atom. The number of carbonyl (C=O) groups is 3. The second kappa shape index (κ2) is 9.52. The molecule has 2 amide bonds. The molecule has 1 N–H and O–H groups in total. The first-order valence-electron chi connectivity index (χ1n) is 10.1. The molecule has 1 aliphatic heterocycles. The highest BCUT2D eigenvalue weighted by atomic mass is 127. The Labute approximate surface area is 199 Å². The molecule has 0 spiro atoms. The minimum absolute atomic E-state index is 0.217. The van der Waals surface area contributed by atoms with Gasteiger partial charge >= 0.3 is 5.97 Å². The van der Waals surface area contributed by atoms with Gasteiger partial charge in [0.1, 0.15) is 12.1 Å². The van der Waals surface area contributed by atoms with Crippen LogP contribution in [-0.4, -0.2) is 35.8 Å². The lowest BCUT2D eigenvalue weighted by atomic mass is 9.98. The van der Waals surface area contributed by atoms with Crippen LogP contribution >= 0.6 is 22.6 Å². The molecular formula is C25H21IN2O4. The van der Waals surface area contributed by atoms with Gasteiger partial charge in [0.25, 0.3) is 11.8 Å². The van der Waals surface area contributed by atoms with Crippen molar-refractivity contribution in [2.45, 2.75) is 18.5 Å². The van der Waals surface area contributed by atoms with Gasteiger partial charge in [0.05, 0.1) is 18.4 Å². The lowest BCUT2D eigenvalue weighted by Crippen LogP contribution is -2.50. The lowest BCUT2D eigenvalue weighted by Gasteiger charge is -2.34. The third kappa shape index (κ3) is 4.38. The molecule has 4 rings (SSSR count). The molecule has 3 aromatic carbocycles. The summed E-state index contributed by atoms with van der Waals surface area (Å²) in [5, 5.41) is 2.88. The topological polar surface area (TPSA) is 75.7 Å². The van der Waals surface area contributed by atoms with E-state index in [0.717, 1.165) is 9.13 Å². The van der Waals surface area contributed by atoms with Crippen LogP contribution in [0.15, 0.2) is 78.9 Å². The van der Waals surface area contributed by atoms with Gasteiger partial charge in [-0.3, -0.25) is 9.59 Å². The van der Waals surface area contributed by atoms with Crippen LogP contribution in [0.5, 0.6) is 0 Å². The summed E-state index contributed by atoms with van der Waals surface area (Å²) in [5.74, 6) is -1.37. The van der Waals surface area contributed by atoms with E-state index in [1.54, 1.807) is 36.4 Å². The summed E-state index contributed by atoms with van der Waals surface area (Å²) in [7, 11) is 1.29. The van der Waals surface area contributed by atoms with Crippen molar-refractivity contribution in [3.8, 4) is 0 Å². The van der Waals surface area contributed by atoms with Crippen molar-refractivity contribution < 1.29 is 19.1 Å². The number of hydrogen-bond acceptors (Lipinski definition) is 4. The molecule has 1 unspecified atom stereocenters. The van der Waals surface area contributed by atoms with Gasteiger partial charge in [-0.2, -0.15) is 0 Å². The molecule has 3 aromatic rings. The Kier molecular flexibility index (Phi) is 6.55. The number of ether oxygens (including phenoxy) is 1. The van der Waals surface area contributed by atoms with Crippen LogP contribution in [0.4, 0.5) is 5.69 Å². The number of nitrogens with one attached hydrogen (secondary N) is 1. The molecule has 32 heavy (non-hydrogen) atoms. The molecule has 0 radical (unpaired) electrons. The fourth-order valence-corrected chi connectivity index (χ4v) is 4.41. The zero-order chi connectivity index (χ0) is 22.7. The van der Waals surface area contributed by atoms with E-state index in [1.807, 2.05) is 42.5 Å². The van der Waals surface area contributed by atoms with E-state index < -0.39 is 24.0 Å². The summed E-state index contributed by atoms with van der Waals surface area (Å²) in [4.78, 5) is 41.7. The number of benzene rings is 3. The average Bonchev–Trinajstić information content (AvgIpc) is 2.92. The predicted octanol–water partition coefficient (Wildman–Crippen LogP) is 4.21.